The van der Waals surface area contributed by atoms with Gasteiger partial charge in [0, 0.05) is 12.7 Å². The lowest BCUT2D eigenvalue weighted by atomic mass is 10.2. The molecule has 0 bridgehead atoms. The predicted molar refractivity (Wildman–Crippen MR) is 108 cm³/mol. The van der Waals surface area contributed by atoms with Gasteiger partial charge in [0.15, 0.2) is 0 Å². The van der Waals surface area contributed by atoms with Gasteiger partial charge in [0.05, 0.1) is 29.0 Å². The standard InChI is InChI=1S/C22H20N4O2/c27-22-25(16-6-8-19(9-7-16)28-18-4-2-1-3-5-18)21-15-24-13-11-20(21)26(22)17-10-12-23-14-17/h1-9,11,13,15,17,23H,10,12,14H2/t17-/m1/s1. The first-order chi connectivity index (χ1) is 13.8. The van der Waals surface area contributed by atoms with Crippen LogP contribution in [0.4, 0.5) is 0 Å². The largest absolute Gasteiger partial charge is 0.457 e. The van der Waals surface area contributed by atoms with Crippen molar-refractivity contribution >= 4 is 11.0 Å². The van der Waals surface area contributed by atoms with Crippen LogP contribution in [0.1, 0.15) is 12.5 Å². The first kappa shape index (κ1) is 16.8. The second-order valence-corrected chi connectivity index (χ2v) is 6.91. The molecule has 3 heterocycles. The summed E-state index contributed by atoms with van der Waals surface area (Å²) in [6, 6.07) is 19.3. The lowest BCUT2D eigenvalue weighted by molar-refractivity contribution is 0.482. The molecule has 1 N–H and O–H groups in total. The van der Waals surface area contributed by atoms with E-state index in [2.05, 4.69) is 10.3 Å². The van der Waals surface area contributed by atoms with E-state index >= 15 is 0 Å². The number of para-hydroxylation sites is 1. The molecule has 1 aliphatic heterocycles. The number of fused-ring (bicyclic) bond motifs is 1. The van der Waals surface area contributed by atoms with Crippen LogP contribution < -0.4 is 15.7 Å². The zero-order valence-electron chi connectivity index (χ0n) is 15.3. The van der Waals surface area contributed by atoms with Crippen molar-refractivity contribution in [3.63, 3.8) is 0 Å². The van der Waals surface area contributed by atoms with Crippen LogP contribution in [0.2, 0.25) is 0 Å². The fourth-order valence-electron chi connectivity index (χ4n) is 3.82. The number of benzene rings is 2. The highest BCUT2D eigenvalue weighted by Gasteiger charge is 2.23. The summed E-state index contributed by atoms with van der Waals surface area (Å²) in [6.07, 6.45) is 4.44. The molecule has 0 spiro atoms. The highest BCUT2D eigenvalue weighted by atomic mass is 16.5. The van der Waals surface area contributed by atoms with Crippen molar-refractivity contribution in [2.24, 2.45) is 0 Å². The van der Waals surface area contributed by atoms with Crippen LogP contribution >= 0.6 is 0 Å². The average molecular weight is 372 g/mol. The highest BCUT2D eigenvalue weighted by molar-refractivity contribution is 5.77. The molecule has 1 saturated heterocycles. The number of nitrogens with zero attached hydrogens (tertiary/aromatic N) is 3. The van der Waals surface area contributed by atoms with E-state index < -0.39 is 0 Å². The van der Waals surface area contributed by atoms with E-state index in [4.69, 9.17) is 4.74 Å². The van der Waals surface area contributed by atoms with Crippen molar-refractivity contribution in [1.29, 1.82) is 0 Å². The van der Waals surface area contributed by atoms with Gasteiger partial charge in [0.2, 0.25) is 0 Å². The third kappa shape index (κ3) is 2.88. The molecule has 0 aliphatic carbocycles. The van der Waals surface area contributed by atoms with Crippen LogP contribution in [0, 0.1) is 0 Å². The molecular weight excluding hydrogens is 352 g/mol. The van der Waals surface area contributed by atoms with Crippen molar-refractivity contribution in [1.82, 2.24) is 19.4 Å². The van der Waals surface area contributed by atoms with Gasteiger partial charge < -0.3 is 10.1 Å². The summed E-state index contributed by atoms with van der Waals surface area (Å²) in [6.45, 7) is 1.74. The highest BCUT2D eigenvalue weighted by Crippen LogP contribution is 2.25. The molecule has 140 valence electrons. The number of imidazole rings is 1. The maximum Gasteiger partial charge on any atom is 0.334 e. The van der Waals surface area contributed by atoms with E-state index in [0.717, 1.165) is 47.7 Å². The van der Waals surface area contributed by atoms with Crippen molar-refractivity contribution in [2.45, 2.75) is 12.5 Å². The van der Waals surface area contributed by atoms with E-state index in [9.17, 15) is 4.79 Å². The normalized spacial score (nSPS) is 16.5. The van der Waals surface area contributed by atoms with Gasteiger partial charge in [-0.1, -0.05) is 18.2 Å². The van der Waals surface area contributed by atoms with E-state index in [-0.39, 0.29) is 11.7 Å². The third-order valence-corrected chi connectivity index (χ3v) is 5.15. The Bertz CT molecular complexity index is 1160. The zero-order valence-corrected chi connectivity index (χ0v) is 15.3. The Morgan fingerprint density at radius 3 is 2.50 bits per heavy atom. The van der Waals surface area contributed by atoms with Crippen LogP contribution in [0.15, 0.2) is 77.9 Å². The fraction of sp³-hybridized carbons (Fsp3) is 0.182. The molecule has 2 aromatic carbocycles. The Morgan fingerprint density at radius 2 is 1.75 bits per heavy atom. The van der Waals surface area contributed by atoms with Crippen molar-refractivity contribution in [3.8, 4) is 17.2 Å². The maximum absolute atomic E-state index is 13.3. The van der Waals surface area contributed by atoms with E-state index in [1.165, 1.54) is 0 Å². The Labute approximate surface area is 162 Å². The Balaban J connectivity index is 1.56. The number of ether oxygens (including phenoxy) is 1. The first-order valence-corrected chi connectivity index (χ1v) is 9.42. The quantitative estimate of drug-likeness (QED) is 0.595. The molecule has 2 aromatic heterocycles. The molecule has 0 amide bonds. The molecule has 0 radical (unpaired) electrons. The molecular formula is C22H20N4O2. The number of hydrogen-bond donors (Lipinski definition) is 1. The van der Waals surface area contributed by atoms with Gasteiger partial charge in [-0.3, -0.25) is 14.1 Å². The Kier molecular flexibility index (Phi) is 4.18. The second-order valence-electron chi connectivity index (χ2n) is 6.91. The van der Waals surface area contributed by atoms with E-state index in [0.29, 0.717) is 0 Å². The van der Waals surface area contributed by atoms with Gasteiger partial charge in [0.25, 0.3) is 0 Å². The summed E-state index contributed by atoms with van der Waals surface area (Å²) in [5.41, 5.74) is 2.50. The van der Waals surface area contributed by atoms with Gasteiger partial charge in [0.1, 0.15) is 11.5 Å². The number of nitrogens with one attached hydrogen (secondary N) is 1. The van der Waals surface area contributed by atoms with Gasteiger partial charge in [-0.15, -0.1) is 0 Å². The summed E-state index contributed by atoms with van der Waals surface area (Å²) in [5, 5.41) is 3.34. The Hall–Kier alpha value is -3.38. The lowest BCUT2D eigenvalue weighted by Crippen LogP contribution is -2.27. The number of aromatic nitrogens is 3. The molecule has 0 unspecified atom stereocenters. The first-order valence-electron chi connectivity index (χ1n) is 9.42. The van der Waals surface area contributed by atoms with Crippen molar-refractivity contribution < 1.29 is 4.74 Å². The molecule has 1 aliphatic rings. The van der Waals surface area contributed by atoms with Crippen molar-refractivity contribution in [2.75, 3.05) is 13.1 Å². The molecule has 6 nitrogen and oxygen atoms in total. The molecule has 1 atom stereocenters. The molecule has 4 aromatic rings. The topological polar surface area (TPSA) is 61.1 Å². The van der Waals surface area contributed by atoms with Gasteiger partial charge in [-0.2, -0.15) is 0 Å². The summed E-state index contributed by atoms with van der Waals surface area (Å²) in [4.78, 5) is 17.5. The third-order valence-electron chi connectivity index (χ3n) is 5.15. The summed E-state index contributed by atoms with van der Waals surface area (Å²) < 4.78 is 9.48. The predicted octanol–water partition coefficient (Wildman–Crippen LogP) is 3.51. The minimum Gasteiger partial charge on any atom is -0.457 e. The molecule has 6 heteroatoms. The van der Waals surface area contributed by atoms with Gasteiger partial charge in [-0.05, 0) is 55.4 Å². The average Bonchev–Trinajstić information content (AvgIpc) is 3.35. The van der Waals surface area contributed by atoms with Gasteiger partial charge >= 0.3 is 5.69 Å². The Morgan fingerprint density at radius 1 is 0.964 bits per heavy atom. The van der Waals surface area contributed by atoms with Crippen LogP contribution in [0.5, 0.6) is 11.5 Å². The zero-order chi connectivity index (χ0) is 18.9. The van der Waals surface area contributed by atoms with Gasteiger partial charge in [-0.25, -0.2) is 4.79 Å². The SMILES string of the molecule is O=c1n(-c2ccc(Oc3ccccc3)cc2)c2cnccc2n1[C@@H]1CCNC1. The fourth-order valence-corrected chi connectivity index (χ4v) is 3.82. The molecule has 1 fully saturated rings. The number of hydrogen-bond acceptors (Lipinski definition) is 4. The van der Waals surface area contributed by atoms with Crippen molar-refractivity contribution in [3.05, 3.63) is 83.5 Å². The van der Waals surface area contributed by atoms with E-state index in [1.807, 2.05) is 65.2 Å². The van der Waals surface area contributed by atoms with Crippen LogP contribution in [-0.4, -0.2) is 27.2 Å². The monoisotopic (exact) mass is 372 g/mol. The van der Waals surface area contributed by atoms with Crippen LogP contribution in [0.25, 0.3) is 16.7 Å². The lowest BCUT2D eigenvalue weighted by Gasteiger charge is -2.10. The number of pyridine rings is 1. The minimum absolute atomic E-state index is 0.0339. The number of rotatable bonds is 4. The molecule has 0 saturated carbocycles. The smallest absolute Gasteiger partial charge is 0.334 e. The summed E-state index contributed by atoms with van der Waals surface area (Å²) in [7, 11) is 0. The second kappa shape index (κ2) is 6.98. The maximum atomic E-state index is 13.3. The molecule has 5 rings (SSSR count). The van der Waals surface area contributed by atoms with E-state index in [1.54, 1.807) is 17.0 Å². The van der Waals surface area contributed by atoms with Crippen LogP contribution in [0.3, 0.4) is 0 Å². The molecule has 28 heavy (non-hydrogen) atoms. The minimum atomic E-state index is -0.0339. The summed E-state index contributed by atoms with van der Waals surface area (Å²) >= 11 is 0. The van der Waals surface area contributed by atoms with Crippen LogP contribution in [-0.2, 0) is 0 Å². The summed E-state index contributed by atoms with van der Waals surface area (Å²) in [5.74, 6) is 1.51.